The third-order valence-corrected chi connectivity index (χ3v) is 7.31. The van der Waals surface area contributed by atoms with E-state index in [2.05, 4.69) is 16.9 Å². The number of benzene rings is 2. The summed E-state index contributed by atoms with van der Waals surface area (Å²) in [7, 11) is 3.61. The Kier molecular flexibility index (Phi) is 10.6. The first-order chi connectivity index (χ1) is 19.3. The average Bonchev–Trinajstić information content (AvgIpc) is 2.91. The van der Waals surface area contributed by atoms with Crippen LogP contribution in [0.15, 0.2) is 90.1 Å². The number of carbonyl (C=O) groups is 2. The molecule has 1 N–H and O–H groups in total. The van der Waals surface area contributed by atoms with E-state index in [9.17, 15) is 22.8 Å². The van der Waals surface area contributed by atoms with Crippen LogP contribution in [0.3, 0.4) is 0 Å². The number of alkyl halides is 3. The highest BCUT2D eigenvalue weighted by molar-refractivity contribution is 8.00. The van der Waals surface area contributed by atoms with Gasteiger partial charge in [0.15, 0.2) is 0 Å². The van der Waals surface area contributed by atoms with Crippen LogP contribution in [0.25, 0.3) is 0 Å². The molecule has 0 aliphatic rings. The summed E-state index contributed by atoms with van der Waals surface area (Å²) in [5, 5.41) is 2.81. The Morgan fingerprint density at radius 1 is 1.00 bits per heavy atom. The quantitative estimate of drug-likeness (QED) is 0.192. The van der Waals surface area contributed by atoms with E-state index < -0.39 is 11.0 Å². The van der Waals surface area contributed by atoms with Gasteiger partial charge in [-0.25, -0.2) is 4.98 Å². The summed E-state index contributed by atoms with van der Waals surface area (Å²) in [6.45, 7) is 8.86. The molecule has 7 nitrogen and oxygen atoms in total. The van der Waals surface area contributed by atoms with E-state index in [0.29, 0.717) is 23.7 Å². The van der Waals surface area contributed by atoms with Crippen molar-refractivity contribution in [2.45, 2.75) is 42.9 Å². The van der Waals surface area contributed by atoms with E-state index in [1.165, 1.54) is 12.1 Å². The SMILES string of the molecule is C=C(N(C)c1ccc(SC(F)(F)F)cc1)C(C)(C)N(C=O)Cc1ccnc(NC(=O)CN(C)Cc2ccccc2)c1. The summed E-state index contributed by atoms with van der Waals surface area (Å²) in [5.41, 5.74) is -2.18. The predicted molar refractivity (Wildman–Crippen MR) is 157 cm³/mol. The van der Waals surface area contributed by atoms with Crippen LogP contribution in [-0.4, -0.2) is 58.8 Å². The Balaban J connectivity index is 1.63. The van der Waals surface area contributed by atoms with E-state index in [1.54, 1.807) is 47.3 Å². The molecule has 3 rings (SSSR count). The predicted octanol–water partition coefficient (Wildman–Crippen LogP) is 6.15. The van der Waals surface area contributed by atoms with Gasteiger partial charge in [0.05, 0.1) is 12.1 Å². The molecule has 1 heterocycles. The molecule has 0 aliphatic heterocycles. The van der Waals surface area contributed by atoms with Gasteiger partial charge in [0.25, 0.3) is 0 Å². The van der Waals surface area contributed by atoms with Crippen LogP contribution >= 0.6 is 11.8 Å². The lowest BCUT2D eigenvalue weighted by Crippen LogP contribution is -2.48. The van der Waals surface area contributed by atoms with Crippen molar-refractivity contribution in [1.29, 1.82) is 0 Å². The van der Waals surface area contributed by atoms with Crippen LogP contribution in [0.2, 0.25) is 0 Å². The third kappa shape index (κ3) is 9.36. The second-order valence-corrected chi connectivity index (χ2v) is 11.2. The summed E-state index contributed by atoms with van der Waals surface area (Å²) in [4.78, 5) is 34.3. The van der Waals surface area contributed by atoms with Crippen LogP contribution in [0.5, 0.6) is 0 Å². The first kappa shape index (κ1) is 31.7. The number of rotatable bonds is 13. The smallest absolute Gasteiger partial charge is 0.347 e. The molecule has 2 amide bonds. The Bertz CT molecular complexity index is 1330. The van der Waals surface area contributed by atoms with Gasteiger partial charge < -0.3 is 15.1 Å². The molecule has 11 heteroatoms. The first-order valence-corrected chi connectivity index (χ1v) is 13.6. The summed E-state index contributed by atoms with van der Waals surface area (Å²) in [6, 6.07) is 19.3. The largest absolute Gasteiger partial charge is 0.446 e. The lowest BCUT2D eigenvalue weighted by atomic mass is 9.97. The molecule has 0 aliphatic carbocycles. The minimum Gasteiger partial charge on any atom is -0.347 e. The molecule has 0 radical (unpaired) electrons. The average molecular weight is 586 g/mol. The molecule has 41 heavy (non-hydrogen) atoms. The van der Waals surface area contributed by atoms with Crippen LogP contribution in [0.1, 0.15) is 25.0 Å². The standard InChI is InChI=1S/C30H34F3N5O2S/c1-22(37(5)25-11-13-26(14-12-25)41-30(31,32)33)29(2,3)38(21-39)19-24-15-16-34-27(17-24)35-28(40)20-36(4)18-23-9-7-6-8-10-23/h6-17,21H,1,18-20H2,2-5H3,(H,34,35,40). The summed E-state index contributed by atoms with van der Waals surface area (Å²) in [5.74, 6) is 0.160. The number of halogens is 3. The molecule has 1 aromatic heterocycles. The molecule has 3 aromatic rings. The van der Waals surface area contributed by atoms with Crippen molar-refractivity contribution in [3.8, 4) is 0 Å². The van der Waals surface area contributed by atoms with Gasteiger partial charge in [0, 0.05) is 42.6 Å². The highest BCUT2D eigenvalue weighted by atomic mass is 32.2. The molecule has 0 unspecified atom stereocenters. The Hall–Kier alpha value is -3.83. The highest BCUT2D eigenvalue weighted by Gasteiger charge is 2.32. The molecule has 0 spiro atoms. The maximum atomic E-state index is 12.7. The Labute approximate surface area is 243 Å². The molecular weight excluding hydrogens is 551 g/mol. The van der Waals surface area contributed by atoms with Crippen molar-refractivity contribution < 1.29 is 22.8 Å². The molecule has 218 valence electrons. The van der Waals surface area contributed by atoms with Crippen molar-refractivity contribution in [1.82, 2.24) is 14.8 Å². The van der Waals surface area contributed by atoms with E-state index in [0.717, 1.165) is 17.5 Å². The normalized spacial score (nSPS) is 11.7. The summed E-state index contributed by atoms with van der Waals surface area (Å²) >= 11 is -0.177. The maximum absolute atomic E-state index is 12.7. The number of amides is 2. The Morgan fingerprint density at radius 2 is 1.66 bits per heavy atom. The maximum Gasteiger partial charge on any atom is 0.446 e. The number of pyridine rings is 1. The molecule has 0 atom stereocenters. The van der Waals surface area contributed by atoms with Gasteiger partial charge in [0.2, 0.25) is 12.3 Å². The van der Waals surface area contributed by atoms with Crippen molar-refractivity contribution >= 4 is 35.6 Å². The lowest BCUT2D eigenvalue weighted by Gasteiger charge is -2.41. The molecular formula is C30H34F3N5O2S. The third-order valence-electron chi connectivity index (χ3n) is 6.57. The molecule has 0 saturated heterocycles. The lowest BCUT2D eigenvalue weighted by molar-refractivity contribution is -0.122. The van der Waals surface area contributed by atoms with Gasteiger partial charge in [-0.05, 0) is 80.2 Å². The number of hydrogen-bond donors (Lipinski definition) is 1. The van der Waals surface area contributed by atoms with Crippen molar-refractivity contribution in [3.05, 3.63) is 96.3 Å². The van der Waals surface area contributed by atoms with Crippen LogP contribution in [0, 0.1) is 0 Å². The topological polar surface area (TPSA) is 68.8 Å². The van der Waals surface area contributed by atoms with Gasteiger partial charge in [-0.2, -0.15) is 13.2 Å². The zero-order chi connectivity index (χ0) is 30.2. The van der Waals surface area contributed by atoms with Gasteiger partial charge >= 0.3 is 5.51 Å². The number of anilines is 2. The molecule has 2 aromatic carbocycles. The number of thioether (sulfide) groups is 1. The minimum atomic E-state index is -4.36. The van der Waals surface area contributed by atoms with E-state index in [4.69, 9.17) is 0 Å². The van der Waals surface area contributed by atoms with Crippen LogP contribution in [0.4, 0.5) is 24.7 Å². The molecule has 0 fully saturated rings. The highest BCUT2D eigenvalue weighted by Crippen LogP contribution is 2.38. The van der Waals surface area contributed by atoms with E-state index in [-0.39, 0.29) is 35.7 Å². The zero-order valence-electron chi connectivity index (χ0n) is 23.5. The van der Waals surface area contributed by atoms with Crippen LogP contribution in [-0.2, 0) is 22.7 Å². The monoisotopic (exact) mass is 585 g/mol. The Morgan fingerprint density at radius 3 is 2.27 bits per heavy atom. The summed E-state index contributed by atoms with van der Waals surface area (Å²) in [6.07, 6.45) is 2.29. The second kappa shape index (κ2) is 13.7. The molecule has 0 bridgehead atoms. The van der Waals surface area contributed by atoms with Gasteiger partial charge in [0.1, 0.15) is 5.82 Å². The van der Waals surface area contributed by atoms with E-state index in [1.807, 2.05) is 56.1 Å². The fraction of sp³-hybridized carbons (Fsp3) is 0.300. The number of nitrogens with one attached hydrogen (secondary N) is 1. The van der Waals surface area contributed by atoms with Crippen molar-refractivity contribution in [2.24, 2.45) is 0 Å². The minimum absolute atomic E-state index is 0.0810. The molecule has 0 saturated carbocycles. The number of aromatic nitrogens is 1. The van der Waals surface area contributed by atoms with E-state index >= 15 is 0 Å². The van der Waals surface area contributed by atoms with Gasteiger partial charge in [-0.1, -0.05) is 36.9 Å². The number of likely N-dealkylation sites (N-methyl/N-ethyl adjacent to an activating group) is 2. The first-order valence-electron chi connectivity index (χ1n) is 12.8. The second-order valence-electron chi connectivity index (χ2n) is 10.1. The van der Waals surface area contributed by atoms with Crippen LogP contribution < -0.4 is 10.2 Å². The summed E-state index contributed by atoms with van der Waals surface area (Å²) < 4.78 is 38.0. The fourth-order valence-corrected chi connectivity index (χ4v) is 4.73. The van der Waals surface area contributed by atoms with Gasteiger partial charge in [-0.15, -0.1) is 0 Å². The van der Waals surface area contributed by atoms with Crippen molar-refractivity contribution in [3.63, 3.8) is 0 Å². The van der Waals surface area contributed by atoms with Crippen molar-refractivity contribution in [2.75, 3.05) is 30.9 Å². The number of nitrogens with zero attached hydrogens (tertiary/aromatic N) is 4. The zero-order valence-corrected chi connectivity index (χ0v) is 24.3. The fourth-order valence-electron chi connectivity index (χ4n) is 4.19. The van der Waals surface area contributed by atoms with Gasteiger partial charge in [-0.3, -0.25) is 14.5 Å². The number of hydrogen-bond acceptors (Lipinski definition) is 6. The number of carbonyl (C=O) groups excluding carboxylic acids is 2.